The largest absolute Gasteiger partial charge is 0.350 e. The molecule has 2 aromatic carbocycles. The van der Waals surface area contributed by atoms with Crippen LogP contribution in [0.3, 0.4) is 0 Å². The molecule has 2 rings (SSSR count). The highest BCUT2D eigenvalue weighted by atomic mass is 35.5. The van der Waals surface area contributed by atoms with Gasteiger partial charge in [0.15, 0.2) is 0 Å². The summed E-state index contributed by atoms with van der Waals surface area (Å²) in [7, 11) is 0. The van der Waals surface area contributed by atoms with Crippen molar-refractivity contribution in [2.45, 2.75) is 44.6 Å². The van der Waals surface area contributed by atoms with Gasteiger partial charge >= 0.3 is 0 Å². The van der Waals surface area contributed by atoms with E-state index in [0.717, 1.165) is 22.8 Å². The fraction of sp³-hybridized carbons (Fsp3) is 0.350. The molecular formula is C20H24ClNOS. The molecule has 24 heavy (non-hydrogen) atoms. The number of carbonyl (C=O) groups excluding carboxylic acids is 1. The van der Waals surface area contributed by atoms with Crippen LogP contribution in [-0.4, -0.2) is 11.7 Å². The first-order chi connectivity index (χ1) is 11.5. The van der Waals surface area contributed by atoms with E-state index in [1.807, 2.05) is 31.2 Å². The van der Waals surface area contributed by atoms with E-state index in [9.17, 15) is 4.79 Å². The predicted octanol–water partition coefficient (Wildman–Crippen LogP) is 5.71. The summed E-state index contributed by atoms with van der Waals surface area (Å²) in [5, 5.41) is 3.83. The summed E-state index contributed by atoms with van der Waals surface area (Å²) in [5.41, 5.74) is 3.69. The van der Waals surface area contributed by atoms with Crippen LogP contribution in [0.15, 0.2) is 47.4 Å². The summed E-state index contributed by atoms with van der Waals surface area (Å²) >= 11 is 7.62. The Bertz CT molecular complexity index is 685. The Balaban J connectivity index is 1.72. The first-order valence-electron chi connectivity index (χ1n) is 8.20. The summed E-state index contributed by atoms with van der Waals surface area (Å²) in [5.74, 6) is 1.03. The average Bonchev–Trinajstić information content (AvgIpc) is 2.55. The van der Waals surface area contributed by atoms with Gasteiger partial charge in [0, 0.05) is 16.3 Å². The minimum atomic E-state index is 0.0423. The van der Waals surface area contributed by atoms with Crippen LogP contribution < -0.4 is 5.32 Å². The third-order valence-electron chi connectivity index (χ3n) is 4.04. The number of aryl methyl sites for hydroxylation is 2. The molecule has 0 saturated carbocycles. The molecule has 128 valence electrons. The van der Waals surface area contributed by atoms with Crippen molar-refractivity contribution >= 4 is 29.3 Å². The van der Waals surface area contributed by atoms with Crippen molar-refractivity contribution in [2.24, 2.45) is 0 Å². The Morgan fingerprint density at radius 2 is 1.83 bits per heavy atom. The lowest BCUT2D eigenvalue weighted by molar-refractivity contribution is -0.121. The lowest BCUT2D eigenvalue weighted by atomic mass is 10.0. The molecule has 0 heterocycles. The molecule has 1 unspecified atom stereocenters. The van der Waals surface area contributed by atoms with E-state index < -0.39 is 0 Å². The number of thioether (sulfide) groups is 1. The molecule has 2 aromatic rings. The summed E-state index contributed by atoms with van der Waals surface area (Å²) in [6, 6.07) is 14.2. The SMILES string of the molecule is Cc1ccc(C(C)NC(=O)CCCSc2ccc(Cl)cc2)cc1C. The minimum absolute atomic E-state index is 0.0423. The van der Waals surface area contributed by atoms with E-state index >= 15 is 0 Å². The van der Waals surface area contributed by atoms with Crippen LogP contribution >= 0.6 is 23.4 Å². The Morgan fingerprint density at radius 1 is 1.12 bits per heavy atom. The van der Waals surface area contributed by atoms with Gasteiger partial charge in [-0.25, -0.2) is 0 Å². The molecule has 1 amide bonds. The maximum absolute atomic E-state index is 12.1. The molecule has 0 aliphatic carbocycles. The maximum Gasteiger partial charge on any atom is 0.220 e. The van der Waals surface area contributed by atoms with Gasteiger partial charge in [0.1, 0.15) is 0 Å². The second-order valence-corrected chi connectivity index (χ2v) is 7.64. The smallest absolute Gasteiger partial charge is 0.220 e. The third kappa shape index (κ3) is 5.88. The second-order valence-electron chi connectivity index (χ2n) is 6.04. The van der Waals surface area contributed by atoms with Gasteiger partial charge in [-0.2, -0.15) is 0 Å². The zero-order valence-corrected chi connectivity index (χ0v) is 16.0. The third-order valence-corrected chi connectivity index (χ3v) is 5.39. The molecule has 1 atom stereocenters. The van der Waals surface area contributed by atoms with Gasteiger partial charge in [0.05, 0.1) is 6.04 Å². The van der Waals surface area contributed by atoms with Crippen molar-refractivity contribution in [2.75, 3.05) is 5.75 Å². The van der Waals surface area contributed by atoms with Gasteiger partial charge in [-0.1, -0.05) is 29.8 Å². The van der Waals surface area contributed by atoms with Crippen molar-refractivity contribution in [1.29, 1.82) is 0 Å². The molecule has 0 aliphatic rings. The Hall–Kier alpha value is -1.45. The van der Waals surface area contributed by atoms with Crippen LogP contribution in [0, 0.1) is 13.8 Å². The number of carbonyl (C=O) groups is 1. The molecule has 0 bridgehead atoms. The van der Waals surface area contributed by atoms with Crippen molar-refractivity contribution in [3.63, 3.8) is 0 Å². The Labute approximate surface area is 154 Å². The molecular weight excluding hydrogens is 338 g/mol. The predicted molar refractivity (Wildman–Crippen MR) is 104 cm³/mol. The monoisotopic (exact) mass is 361 g/mol. The molecule has 1 N–H and O–H groups in total. The topological polar surface area (TPSA) is 29.1 Å². The van der Waals surface area contributed by atoms with Gasteiger partial charge in [-0.15, -0.1) is 11.8 Å². The fourth-order valence-corrected chi connectivity index (χ4v) is 3.36. The maximum atomic E-state index is 12.1. The number of halogens is 1. The molecule has 0 spiro atoms. The number of hydrogen-bond donors (Lipinski definition) is 1. The Kier molecular flexibility index (Phi) is 7.19. The van der Waals surface area contributed by atoms with Gasteiger partial charge in [0.2, 0.25) is 5.91 Å². The van der Waals surface area contributed by atoms with Crippen LogP contribution in [0.1, 0.15) is 42.5 Å². The molecule has 0 fully saturated rings. The van der Waals surface area contributed by atoms with Crippen LogP contribution in [-0.2, 0) is 4.79 Å². The molecule has 0 radical (unpaired) electrons. The van der Waals surface area contributed by atoms with Gasteiger partial charge < -0.3 is 5.32 Å². The summed E-state index contributed by atoms with van der Waals surface area (Å²) in [6.07, 6.45) is 1.41. The lowest BCUT2D eigenvalue weighted by Crippen LogP contribution is -2.26. The fourth-order valence-electron chi connectivity index (χ4n) is 2.38. The average molecular weight is 362 g/mol. The highest BCUT2D eigenvalue weighted by Crippen LogP contribution is 2.21. The summed E-state index contributed by atoms with van der Waals surface area (Å²) < 4.78 is 0. The molecule has 0 aliphatic heterocycles. The van der Waals surface area contributed by atoms with Crippen molar-refractivity contribution < 1.29 is 4.79 Å². The Morgan fingerprint density at radius 3 is 2.50 bits per heavy atom. The van der Waals surface area contributed by atoms with Crippen molar-refractivity contribution in [1.82, 2.24) is 5.32 Å². The van der Waals surface area contributed by atoms with E-state index in [-0.39, 0.29) is 11.9 Å². The minimum Gasteiger partial charge on any atom is -0.350 e. The first-order valence-corrected chi connectivity index (χ1v) is 9.57. The van der Waals surface area contributed by atoms with Crippen molar-refractivity contribution in [3.8, 4) is 0 Å². The van der Waals surface area contributed by atoms with Crippen LogP contribution in [0.5, 0.6) is 0 Å². The molecule has 4 heteroatoms. The van der Waals surface area contributed by atoms with Crippen LogP contribution in [0.2, 0.25) is 5.02 Å². The zero-order valence-electron chi connectivity index (χ0n) is 14.4. The van der Waals surface area contributed by atoms with E-state index in [0.29, 0.717) is 6.42 Å². The van der Waals surface area contributed by atoms with Gasteiger partial charge in [0.25, 0.3) is 0 Å². The van der Waals surface area contributed by atoms with Crippen LogP contribution in [0.25, 0.3) is 0 Å². The van der Waals surface area contributed by atoms with E-state index in [1.54, 1.807) is 11.8 Å². The molecule has 2 nitrogen and oxygen atoms in total. The number of hydrogen-bond acceptors (Lipinski definition) is 2. The van der Waals surface area contributed by atoms with Crippen molar-refractivity contribution in [3.05, 3.63) is 64.2 Å². The van der Waals surface area contributed by atoms with E-state index in [4.69, 9.17) is 11.6 Å². The normalized spacial score (nSPS) is 12.0. The number of nitrogens with one attached hydrogen (secondary N) is 1. The summed E-state index contributed by atoms with van der Waals surface area (Å²) in [4.78, 5) is 13.3. The van der Waals surface area contributed by atoms with Gasteiger partial charge in [-0.05, 0) is 73.9 Å². The number of amides is 1. The van der Waals surface area contributed by atoms with Gasteiger partial charge in [-0.3, -0.25) is 4.79 Å². The van der Waals surface area contributed by atoms with E-state index in [2.05, 4.69) is 37.4 Å². The quantitative estimate of drug-likeness (QED) is 0.505. The summed E-state index contributed by atoms with van der Waals surface area (Å²) in [6.45, 7) is 6.23. The second kappa shape index (κ2) is 9.14. The highest BCUT2D eigenvalue weighted by Gasteiger charge is 2.10. The zero-order chi connectivity index (χ0) is 17.5. The highest BCUT2D eigenvalue weighted by molar-refractivity contribution is 7.99. The van der Waals surface area contributed by atoms with E-state index in [1.165, 1.54) is 16.0 Å². The number of rotatable bonds is 7. The molecule has 0 aromatic heterocycles. The lowest BCUT2D eigenvalue weighted by Gasteiger charge is -2.15. The standard InChI is InChI=1S/C20H24ClNOS/c1-14-6-7-17(13-15(14)2)16(3)22-20(23)5-4-12-24-19-10-8-18(21)9-11-19/h6-11,13,16H,4-5,12H2,1-3H3,(H,22,23). The number of benzene rings is 2. The molecule has 0 saturated heterocycles. The van der Waals surface area contributed by atoms with Crippen LogP contribution in [0.4, 0.5) is 0 Å². The first kappa shape index (κ1) is 18.9.